The van der Waals surface area contributed by atoms with Crippen LogP contribution in [0, 0.1) is 22.7 Å². The van der Waals surface area contributed by atoms with E-state index in [0.717, 1.165) is 77.6 Å². The Kier molecular flexibility index (Phi) is 8.96. The van der Waals surface area contributed by atoms with Gasteiger partial charge in [-0.1, -0.05) is 71.0 Å². The Bertz CT molecular complexity index is 3060. The molecule has 0 radical (unpaired) electrons. The first-order valence-electron chi connectivity index (χ1n) is 19.7. The second-order valence-electron chi connectivity index (χ2n) is 16.4. The van der Waals surface area contributed by atoms with E-state index in [1.165, 1.54) is 11.1 Å². The zero-order chi connectivity index (χ0) is 40.1. The maximum atomic E-state index is 9.49. The quantitative estimate of drug-likeness (QED) is 0.162. The number of rotatable bonds is 7. The highest BCUT2D eigenvalue weighted by atomic mass is 16.3. The van der Waals surface area contributed by atoms with E-state index in [1.54, 1.807) is 0 Å². The fourth-order valence-corrected chi connectivity index (χ4v) is 7.90. The number of anilines is 6. The van der Waals surface area contributed by atoms with E-state index >= 15 is 0 Å². The van der Waals surface area contributed by atoms with Crippen molar-refractivity contribution >= 4 is 77.6 Å². The van der Waals surface area contributed by atoms with Gasteiger partial charge in [0.1, 0.15) is 11.2 Å². The smallest absolute Gasteiger partial charge is 0.136 e. The first-order valence-corrected chi connectivity index (χ1v) is 19.7. The van der Waals surface area contributed by atoms with Crippen molar-refractivity contribution in [2.45, 2.75) is 46.0 Å². The largest absolute Gasteiger partial charge is 0.456 e. The first-order chi connectivity index (χ1) is 28.1. The summed E-state index contributed by atoms with van der Waals surface area (Å²) in [5.41, 5.74) is 11.6. The van der Waals surface area contributed by atoms with E-state index in [4.69, 9.17) is 4.42 Å². The fourth-order valence-electron chi connectivity index (χ4n) is 7.90. The molecule has 9 aromatic rings. The van der Waals surface area contributed by atoms with Gasteiger partial charge < -0.3 is 14.2 Å². The van der Waals surface area contributed by atoms with Crippen molar-refractivity contribution in [2.75, 3.05) is 9.80 Å². The summed E-state index contributed by atoms with van der Waals surface area (Å²) < 4.78 is 6.65. The molecular formula is C53H42N4O. The van der Waals surface area contributed by atoms with Crippen molar-refractivity contribution in [3.05, 3.63) is 180 Å². The Morgan fingerprint density at radius 3 is 1.21 bits per heavy atom. The predicted molar refractivity (Wildman–Crippen MR) is 240 cm³/mol. The number of hydrogen-bond donors (Lipinski definition) is 0. The van der Waals surface area contributed by atoms with Crippen molar-refractivity contribution in [3.63, 3.8) is 0 Å². The van der Waals surface area contributed by atoms with Crippen LogP contribution in [0.25, 0.3) is 43.5 Å². The molecule has 0 unspecified atom stereocenters. The number of fused-ring (bicyclic) bond motifs is 5. The van der Waals surface area contributed by atoms with E-state index in [-0.39, 0.29) is 5.41 Å². The molecule has 0 atom stereocenters. The molecule has 0 bridgehead atoms. The third kappa shape index (κ3) is 6.68. The molecule has 0 N–H and O–H groups in total. The topological polar surface area (TPSA) is 67.2 Å². The van der Waals surface area contributed by atoms with Crippen molar-refractivity contribution in [3.8, 4) is 12.1 Å². The molecule has 0 fully saturated rings. The molecule has 0 aliphatic heterocycles. The van der Waals surface area contributed by atoms with Gasteiger partial charge in [0.05, 0.1) is 23.3 Å². The van der Waals surface area contributed by atoms with Crippen molar-refractivity contribution < 1.29 is 4.42 Å². The fraction of sp³-hybridized carbons (Fsp3) is 0.132. The van der Waals surface area contributed by atoms with Crippen LogP contribution in [0.4, 0.5) is 34.1 Å². The summed E-state index contributed by atoms with van der Waals surface area (Å²) in [6, 6.07) is 59.3. The minimum Gasteiger partial charge on any atom is -0.456 e. The summed E-state index contributed by atoms with van der Waals surface area (Å²) in [5, 5.41) is 25.5. The lowest BCUT2D eigenvalue weighted by Crippen LogP contribution is -2.13. The van der Waals surface area contributed by atoms with Crippen LogP contribution < -0.4 is 9.80 Å². The molecular weight excluding hydrogens is 709 g/mol. The molecule has 9 rings (SSSR count). The Hall–Kier alpha value is -7.34. The molecule has 58 heavy (non-hydrogen) atoms. The van der Waals surface area contributed by atoms with Gasteiger partial charge in [0.25, 0.3) is 0 Å². The maximum Gasteiger partial charge on any atom is 0.136 e. The van der Waals surface area contributed by atoms with Crippen molar-refractivity contribution in [1.82, 2.24) is 0 Å². The van der Waals surface area contributed by atoms with Crippen molar-refractivity contribution in [1.29, 1.82) is 10.5 Å². The molecule has 0 saturated heterocycles. The molecule has 5 nitrogen and oxygen atoms in total. The van der Waals surface area contributed by atoms with Gasteiger partial charge in [0.15, 0.2) is 0 Å². The van der Waals surface area contributed by atoms with Crippen LogP contribution in [0.1, 0.15) is 62.8 Å². The summed E-state index contributed by atoms with van der Waals surface area (Å²) in [4.78, 5) is 4.47. The highest BCUT2D eigenvalue weighted by Crippen LogP contribution is 2.42. The van der Waals surface area contributed by atoms with E-state index in [1.807, 2.05) is 48.5 Å². The van der Waals surface area contributed by atoms with Crippen LogP contribution in [0.15, 0.2) is 162 Å². The molecule has 0 aliphatic carbocycles. The van der Waals surface area contributed by atoms with Crippen LogP contribution in [0.2, 0.25) is 0 Å². The van der Waals surface area contributed by atoms with Gasteiger partial charge in [0, 0.05) is 44.9 Å². The van der Waals surface area contributed by atoms with Crippen LogP contribution in [0.5, 0.6) is 0 Å². The average molecular weight is 751 g/mol. The van der Waals surface area contributed by atoms with Crippen LogP contribution >= 0.6 is 0 Å². The van der Waals surface area contributed by atoms with Crippen LogP contribution in [-0.2, 0) is 5.41 Å². The molecule has 5 heteroatoms. The van der Waals surface area contributed by atoms with Crippen LogP contribution in [0.3, 0.4) is 0 Å². The van der Waals surface area contributed by atoms with Gasteiger partial charge in [-0.3, -0.25) is 0 Å². The second-order valence-corrected chi connectivity index (χ2v) is 16.4. The summed E-state index contributed by atoms with van der Waals surface area (Å²) in [6.07, 6.45) is 0. The van der Waals surface area contributed by atoms with Gasteiger partial charge in [-0.25, -0.2) is 0 Å². The Labute approximate surface area is 339 Å². The van der Waals surface area contributed by atoms with Gasteiger partial charge >= 0.3 is 0 Å². The number of nitrogens with zero attached hydrogens (tertiary/aromatic N) is 4. The standard InChI is InChI=1S/C53H42N4O/c1-34(2)37-10-20-45(21-11-37)56(43-16-6-35(32-54)7-17-43)47-22-12-38-28-49-50-29-39-13-23-48(27-41(39)31-52(50)58-51(49)30-40(38)26-47)57(44-18-8-36(33-55)9-19-44)46-24-14-42(15-25-46)53(3,4)5/h6-31,34H,1-5H3. The molecule has 0 spiro atoms. The molecule has 0 saturated carbocycles. The second kappa shape index (κ2) is 14.3. The monoisotopic (exact) mass is 750 g/mol. The Balaban J connectivity index is 1.13. The third-order valence-electron chi connectivity index (χ3n) is 11.2. The van der Waals surface area contributed by atoms with Crippen LogP contribution in [-0.4, -0.2) is 0 Å². The summed E-state index contributed by atoms with van der Waals surface area (Å²) in [6.45, 7) is 11.1. The van der Waals surface area contributed by atoms with E-state index in [9.17, 15) is 10.5 Å². The molecule has 8 aromatic carbocycles. The van der Waals surface area contributed by atoms with Gasteiger partial charge in [-0.15, -0.1) is 0 Å². The van der Waals surface area contributed by atoms with E-state index in [0.29, 0.717) is 17.0 Å². The minimum atomic E-state index is 0.0411. The SMILES string of the molecule is CC(C)c1ccc(N(c2ccc(C#N)cc2)c2ccc3cc4c(cc3c2)oc2cc3cc(N(c5ccc(C#N)cc5)c5ccc(C(C)(C)C)cc5)ccc3cc24)cc1. The molecule has 1 heterocycles. The van der Waals surface area contributed by atoms with Gasteiger partial charge in [0.2, 0.25) is 0 Å². The first kappa shape index (κ1) is 36.3. The van der Waals surface area contributed by atoms with Gasteiger partial charge in [-0.2, -0.15) is 10.5 Å². The normalized spacial score (nSPS) is 11.7. The average Bonchev–Trinajstić information content (AvgIpc) is 3.58. The Morgan fingerprint density at radius 2 is 0.828 bits per heavy atom. The Morgan fingerprint density at radius 1 is 0.448 bits per heavy atom. The highest BCUT2D eigenvalue weighted by molar-refractivity contribution is 6.14. The lowest BCUT2D eigenvalue weighted by molar-refractivity contribution is 0.590. The zero-order valence-corrected chi connectivity index (χ0v) is 33.3. The number of furan rings is 1. The summed E-state index contributed by atoms with van der Waals surface area (Å²) >= 11 is 0. The number of hydrogen-bond acceptors (Lipinski definition) is 5. The lowest BCUT2D eigenvalue weighted by Gasteiger charge is -2.27. The maximum absolute atomic E-state index is 9.49. The van der Waals surface area contributed by atoms with E-state index in [2.05, 4.69) is 166 Å². The summed E-state index contributed by atoms with van der Waals surface area (Å²) in [7, 11) is 0. The predicted octanol–water partition coefficient (Wildman–Crippen LogP) is 15.0. The number of benzene rings is 8. The van der Waals surface area contributed by atoms with E-state index < -0.39 is 0 Å². The molecule has 0 amide bonds. The molecule has 0 aliphatic rings. The minimum absolute atomic E-state index is 0.0411. The molecule has 280 valence electrons. The zero-order valence-electron chi connectivity index (χ0n) is 33.3. The summed E-state index contributed by atoms with van der Waals surface area (Å²) in [5.74, 6) is 0.434. The lowest BCUT2D eigenvalue weighted by atomic mass is 9.87. The third-order valence-corrected chi connectivity index (χ3v) is 11.2. The van der Waals surface area contributed by atoms with Crippen molar-refractivity contribution in [2.24, 2.45) is 0 Å². The highest BCUT2D eigenvalue weighted by Gasteiger charge is 2.19. The number of nitriles is 2. The van der Waals surface area contributed by atoms with Gasteiger partial charge in [-0.05, 0) is 165 Å². The molecule has 1 aromatic heterocycles.